The number of urea groups is 4. The van der Waals surface area contributed by atoms with Crippen molar-refractivity contribution in [3.8, 4) is 0 Å². The Morgan fingerprint density at radius 2 is 0.713 bits per heavy atom. The lowest BCUT2D eigenvalue weighted by Gasteiger charge is -2.48. The molecule has 5 aliphatic heterocycles. The van der Waals surface area contributed by atoms with E-state index in [1.165, 1.54) is 46.3 Å². The van der Waals surface area contributed by atoms with Crippen molar-refractivity contribution in [1.29, 1.82) is 0 Å². The van der Waals surface area contributed by atoms with Crippen LogP contribution >= 0.6 is 0 Å². The van der Waals surface area contributed by atoms with Gasteiger partial charge in [0.25, 0.3) is 0 Å². The summed E-state index contributed by atoms with van der Waals surface area (Å²) in [4.78, 5) is 91.5. The van der Waals surface area contributed by atoms with E-state index in [-0.39, 0.29) is 73.3 Å². The monoisotopic (exact) mass is 1690 g/mol. The van der Waals surface area contributed by atoms with Gasteiger partial charge in [0.15, 0.2) is 9.84 Å². The molecule has 0 bridgehead atoms. The number of carbonyl (C=O) groups excluding carboxylic acids is 4. The van der Waals surface area contributed by atoms with Gasteiger partial charge in [-0.2, -0.15) is 13.2 Å². The molecule has 10 aliphatic rings. The molecule has 3 aromatic heterocycles. The molecule has 8 heterocycles. The van der Waals surface area contributed by atoms with Crippen molar-refractivity contribution >= 4 is 62.7 Å². The number of hydrogen-bond donors (Lipinski definition) is 5. The van der Waals surface area contributed by atoms with Crippen LogP contribution in [0.4, 0.5) is 61.0 Å². The Balaban J connectivity index is 0.000000126. The van der Waals surface area contributed by atoms with E-state index < -0.39 is 21.7 Å². The van der Waals surface area contributed by atoms with Crippen LogP contribution in [0.25, 0.3) is 0 Å². The summed E-state index contributed by atoms with van der Waals surface area (Å²) < 4.78 is 63.3. The van der Waals surface area contributed by atoms with Gasteiger partial charge >= 0.3 is 30.3 Å². The van der Waals surface area contributed by atoms with Crippen LogP contribution in [0.2, 0.25) is 0 Å². The standard InChI is InChI=1S/C24H33N7O.C23H27F3N4O.C23H29N5O.C23H29N3O3S/c1-29(2)24(19-6-4-3-5-7-19)10-8-23(9-11-24)18-31(22(32)28-23)20-16-26-21(27-17-20)30-14-12-25-13-15-30;1-16-13-19(23(24,25)26)27-14-18(16)30-15-21(28-20(30)31)9-11-22(12-10-21,29(2)3)17-7-5-4-6-8-17;1-27(2)23(18-6-4-3-5-7-18)12-10-22(11-13-23)16-28(21(29)26-22)19-14-24-20(25-15-19)17-8-9-17;1-25(2)23(18-9-5-4-6-10-18)15-13-22(14-16-23)17-26(21(27)24-22)19-11-7-8-12-20(19)30(3,28)29/h3-7,16-17,25H,8-15,18H2,1-2H3,(H,28,32);4-8,13-14H,9-12,15H2,1-3H3,(H,28,31);3-7,14-15,17H,8-13,16H2,1-2H3,(H,26,29);4-12H,13-17H2,1-3H3,(H,24,27). The Morgan fingerprint density at radius 1 is 0.402 bits per heavy atom. The molecule has 648 valence electrons. The number of carbonyl (C=O) groups is 4. The molecule has 0 atom stereocenters. The maximum Gasteiger partial charge on any atom is 0.433 e. The predicted molar refractivity (Wildman–Crippen MR) is 470 cm³/mol. The molecule has 5 saturated carbocycles. The van der Waals surface area contributed by atoms with E-state index in [1.54, 1.807) is 48.5 Å². The largest absolute Gasteiger partial charge is 0.433 e. The number of hydrogen-bond acceptors (Lipinski definition) is 17. The minimum absolute atomic E-state index is 0.0126. The van der Waals surface area contributed by atoms with Crippen LogP contribution < -0.4 is 51.1 Å². The first-order valence-electron chi connectivity index (χ1n) is 43.0. The van der Waals surface area contributed by atoms with Crippen LogP contribution in [0.5, 0.6) is 0 Å². The zero-order chi connectivity index (χ0) is 86.3. The average molecular weight is 1690 g/mol. The van der Waals surface area contributed by atoms with Crippen molar-refractivity contribution in [2.24, 2.45) is 0 Å². The number of pyridine rings is 1. The summed E-state index contributed by atoms with van der Waals surface area (Å²) in [6, 6.07) is 49.7. The lowest BCUT2D eigenvalue weighted by Crippen LogP contribution is -2.54. The maximum atomic E-state index is 13.0. The van der Waals surface area contributed by atoms with Crippen LogP contribution in [0.1, 0.15) is 161 Å². The van der Waals surface area contributed by atoms with Gasteiger partial charge in [0.05, 0.1) is 107 Å². The number of anilines is 5. The first-order valence-corrected chi connectivity index (χ1v) is 44.9. The molecule has 8 amide bonds. The lowest BCUT2D eigenvalue weighted by atomic mass is 9.69. The molecule has 8 aromatic rings. The minimum atomic E-state index is -4.51. The number of amides is 8. The maximum absolute atomic E-state index is 13.0. The van der Waals surface area contributed by atoms with E-state index in [9.17, 15) is 40.8 Å². The quantitative estimate of drug-likeness (QED) is 0.0639. The van der Waals surface area contributed by atoms with Gasteiger partial charge in [0.1, 0.15) is 11.5 Å². The summed E-state index contributed by atoms with van der Waals surface area (Å²) in [6.07, 6.45) is 22.1. The fourth-order valence-electron chi connectivity index (χ4n) is 20.8. The molecular weight excluding hydrogens is 1570 g/mol. The normalized spacial score (nSPS) is 27.8. The van der Waals surface area contributed by atoms with Crippen LogP contribution in [0, 0.1) is 6.92 Å². The molecule has 25 nitrogen and oxygen atoms in total. The number of nitrogens with zero attached hydrogens (tertiary/aromatic N) is 14. The number of para-hydroxylation sites is 1. The summed E-state index contributed by atoms with van der Waals surface area (Å²) in [6.45, 7) is 7.55. The van der Waals surface area contributed by atoms with Gasteiger partial charge in [-0.25, -0.2) is 52.5 Å². The second-order valence-electron chi connectivity index (χ2n) is 36.5. The highest BCUT2D eigenvalue weighted by molar-refractivity contribution is 7.90. The summed E-state index contributed by atoms with van der Waals surface area (Å²) >= 11 is 0. The molecule has 10 fully saturated rings. The highest BCUT2D eigenvalue weighted by Gasteiger charge is 2.56. The Bertz CT molecular complexity index is 5110. The van der Waals surface area contributed by atoms with Gasteiger partial charge in [0, 0.05) is 60.5 Å². The van der Waals surface area contributed by atoms with E-state index in [0.29, 0.717) is 49.0 Å². The van der Waals surface area contributed by atoms with Crippen molar-refractivity contribution in [2.45, 2.75) is 184 Å². The summed E-state index contributed by atoms with van der Waals surface area (Å²) in [5.74, 6) is 2.18. The minimum Gasteiger partial charge on any atom is -0.338 e. The number of alkyl halides is 3. The highest BCUT2D eigenvalue weighted by atomic mass is 32.2. The smallest absolute Gasteiger partial charge is 0.338 e. The lowest BCUT2D eigenvalue weighted by molar-refractivity contribution is -0.141. The number of piperazine rings is 1. The molecule has 0 unspecified atom stereocenters. The molecule has 18 rings (SSSR count). The third-order valence-electron chi connectivity index (χ3n) is 28.6. The van der Waals surface area contributed by atoms with Gasteiger partial charge in [0.2, 0.25) is 5.95 Å². The number of halogens is 3. The first-order chi connectivity index (χ1) is 58.3. The van der Waals surface area contributed by atoms with Gasteiger partial charge in [-0.3, -0.25) is 39.2 Å². The topological polar surface area (TPSA) is 256 Å². The number of aromatic nitrogens is 5. The Hall–Kier alpha value is -10.2. The Labute approximate surface area is 715 Å². The SMILES string of the molecule is CN(C)C1(c2ccccc2)CCC2(CC1)CN(c1ccccc1S(C)(=O)=O)C(=O)N2.CN(C)C1(c2ccccc2)CCC2(CC1)CN(c1cnc(C3CC3)nc1)C(=O)N2.CN(C)C1(c2ccccc2)CCC2(CC1)CN(c1cnc(N3CCNCC3)nc1)C(=O)N2.Cc1cc(C(F)(F)F)ncc1N1CC2(CCC(c3ccccc3)(N(C)C)CC2)NC1=O. The average Bonchev–Trinajstić information content (AvgIpc) is 1.55. The van der Waals surface area contributed by atoms with Crippen LogP contribution in [-0.4, -0.2) is 214 Å². The van der Waals surface area contributed by atoms with E-state index >= 15 is 0 Å². The van der Waals surface area contributed by atoms with Gasteiger partial charge in [-0.15, -0.1) is 0 Å². The van der Waals surface area contributed by atoms with Gasteiger partial charge in [-0.05, 0) is 225 Å². The van der Waals surface area contributed by atoms with Crippen LogP contribution in [0.3, 0.4) is 0 Å². The van der Waals surface area contributed by atoms with E-state index in [1.807, 2.05) is 46.5 Å². The molecule has 29 heteroatoms. The second-order valence-corrected chi connectivity index (χ2v) is 38.5. The van der Waals surface area contributed by atoms with E-state index in [2.05, 4.69) is 229 Å². The number of benzene rings is 5. The molecule has 5 saturated heterocycles. The summed E-state index contributed by atoms with van der Waals surface area (Å²) in [7, 11) is 13.7. The summed E-state index contributed by atoms with van der Waals surface area (Å²) in [5.41, 5.74) is 5.98. The zero-order valence-electron chi connectivity index (χ0n) is 72.0. The highest BCUT2D eigenvalue weighted by Crippen LogP contribution is 2.52. The fourth-order valence-corrected chi connectivity index (χ4v) is 21.7. The third-order valence-corrected chi connectivity index (χ3v) is 29.7. The second kappa shape index (κ2) is 34.5. The molecular formula is C93H118F3N19O6S. The molecule has 4 spiro atoms. The first kappa shape index (κ1) is 86.8. The number of nitrogens with one attached hydrogen (secondary N) is 5. The molecule has 5 N–H and O–H groups in total. The molecule has 122 heavy (non-hydrogen) atoms. The van der Waals surface area contributed by atoms with Crippen LogP contribution in [-0.2, 0) is 38.2 Å². The Kier molecular flexibility index (Phi) is 24.5. The number of rotatable bonds is 15. The van der Waals surface area contributed by atoms with E-state index in [0.717, 1.165) is 164 Å². The van der Waals surface area contributed by atoms with Crippen molar-refractivity contribution in [3.05, 3.63) is 222 Å². The number of sulfone groups is 1. The fraction of sp³-hybridized carbons (Fsp3) is 0.495. The van der Waals surface area contributed by atoms with Gasteiger partial charge in [-0.1, -0.05) is 133 Å². The zero-order valence-corrected chi connectivity index (χ0v) is 72.9. The van der Waals surface area contributed by atoms with Crippen molar-refractivity contribution in [3.63, 3.8) is 0 Å². The predicted octanol–water partition coefficient (Wildman–Crippen LogP) is 13.9. The van der Waals surface area contributed by atoms with Gasteiger partial charge < -0.3 is 31.5 Å². The number of aryl methyl sites for hydroxylation is 1. The third kappa shape index (κ3) is 17.5. The molecule has 5 aliphatic carbocycles. The van der Waals surface area contributed by atoms with Crippen molar-refractivity contribution < 1.29 is 40.8 Å². The molecule has 5 aromatic carbocycles. The van der Waals surface area contributed by atoms with Crippen LogP contribution in [0.15, 0.2) is 188 Å². The summed E-state index contributed by atoms with van der Waals surface area (Å²) in [5, 5.41) is 16.3. The van der Waals surface area contributed by atoms with E-state index in [4.69, 9.17) is 0 Å². The molecule has 0 radical (unpaired) electrons. The van der Waals surface area contributed by atoms with Crippen molar-refractivity contribution in [2.75, 3.05) is 139 Å². The van der Waals surface area contributed by atoms with Crippen molar-refractivity contribution in [1.82, 2.24) is 71.1 Å². The Morgan fingerprint density at radius 3 is 1.03 bits per heavy atom.